The summed E-state index contributed by atoms with van der Waals surface area (Å²) in [5.41, 5.74) is 1.75. The molecule has 0 spiro atoms. The standard InChI is InChI=1S/C16H26/c1-14-12-13-15-10-8-6-4-2-3-5-7-9-11-16(14)15/h7,9,11,14-15H,2-6,8,10,12-13H2,1H3. The minimum absolute atomic E-state index is 0.845. The molecule has 0 amide bonds. The van der Waals surface area contributed by atoms with Gasteiger partial charge in [0.1, 0.15) is 0 Å². The molecular formula is C16H26. The van der Waals surface area contributed by atoms with E-state index in [1.807, 2.05) is 0 Å². The SMILES string of the molecule is CC1CCC2CCCCCCCC=CC=C12. The van der Waals surface area contributed by atoms with E-state index in [9.17, 15) is 0 Å². The first-order chi connectivity index (χ1) is 7.88. The summed E-state index contributed by atoms with van der Waals surface area (Å²) in [7, 11) is 0. The predicted molar refractivity (Wildman–Crippen MR) is 71.4 cm³/mol. The number of fused-ring (bicyclic) bond motifs is 1. The molecule has 16 heavy (non-hydrogen) atoms. The molecule has 2 aliphatic rings. The molecule has 1 saturated carbocycles. The van der Waals surface area contributed by atoms with Crippen LogP contribution in [0.4, 0.5) is 0 Å². The molecule has 0 nitrogen and oxygen atoms in total. The summed E-state index contributed by atoms with van der Waals surface area (Å²) in [6, 6.07) is 0. The van der Waals surface area contributed by atoms with E-state index in [2.05, 4.69) is 25.2 Å². The molecule has 0 aromatic carbocycles. The minimum Gasteiger partial charge on any atom is -0.0845 e. The van der Waals surface area contributed by atoms with Crippen molar-refractivity contribution in [2.45, 2.75) is 64.7 Å². The number of rotatable bonds is 0. The molecule has 2 rings (SSSR count). The number of hydrogen-bond donors (Lipinski definition) is 0. The van der Waals surface area contributed by atoms with Crippen LogP contribution in [0, 0.1) is 11.8 Å². The van der Waals surface area contributed by atoms with Gasteiger partial charge in [0.15, 0.2) is 0 Å². The van der Waals surface area contributed by atoms with Gasteiger partial charge in [0.2, 0.25) is 0 Å². The van der Waals surface area contributed by atoms with Gasteiger partial charge in [-0.3, -0.25) is 0 Å². The van der Waals surface area contributed by atoms with E-state index in [-0.39, 0.29) is 0 Å². The average Bonchev–Trinajstić information content (AvgIpc) is 2.60. The van der Waals surface area contributed by atoms with Gasteiger partial charge in [-0.25, -0.2) is 0 Å². The summed E-state index contributed by atoms with van der Waals surface area (Å²) in [4.78, 5) is 0. The van der Waals surface area contributed by atoms with Crippen LogP contribution in [0.5, 0.6) is 0 Å². The average molecular weight is 218 g/mol. The topological polar surface area (TPSA) is 0 Å². The maximum absolute atomic E-state index is 2.43. The third-order valence-electron chi connectivity index (χ3n) is 4.34. The molecule has 0 saturated heterocycles. The Bertz CT molecular complexity index is 259. The zero-order valence-electron chi connectivity index (χ0n) is 10.8. The van der Waals surface area contributed by atoms with Gasteiger partial charge in [0.25, 0.3) is 0 Å². The Morgan fingerprint density at radius 2 is 1.75 bits per heavy atom. The van der Waals surface area contributed by atoms with Crippen molar-refractivity contribution < 1.29 is 0 Å². The maximum Gasteiger partial charge on any atom is -0.0197 e. The Morgan fingerprint density at radius 1 is 0.938 bits per heavy atom. The molecule has 0 aromatic heterocycles. The van der Waals surface area contributed by atoms with Gasteiger partial charge in [-0.1, -0.05) is 56.4 Å². The van der Waals surface area contributed by atoms with Crippen LogP contribution in [0.1, 0.15) is 64.7 Å². The van der Waals surface area contributed by atoms with Crippen LogP contribution >= 0.6 is 0 Å². The lowest BCUT2D eigenvalue weighted by atomic mass is 9.92. The lowest BCUT2D eigenvalue weighted by molar-refractivity contribution is 0.509. The van der Waals surface area contributed by atoms with E-state index in [0.29, 0.717) is 0 Å². The highest BCUT2D eigenvalue weighted by molar-refractivity contribution is 5.20. The van der Waals surface area contributed by atoms with Crippen molar-refractivity contribution in [1.29, 1.82) is 0 Å². The van der Waals surface area contributed by atoms with E-state index in [0.717, 1.165) is 11.8 Å². The van der Waals surface area contributed by atoms with Gasteiger partial charge in [-0.2, -0.15) is 0 Å². The maximum atomic E-state index is 2.43. The Morgan fingerprint density at radius 3 is 2.69 bits per heavy atom. The Kier molecular flexibility index (Phi) is 4.69. The first-order valence-corrected chi connectivity index (χ1v) is 7.24. The van der Waals surface area contributed by atoms with Crippen LogP contribution in [0.15, 0.2) is 23.8 Å². The van der Waals surface area contributed by atoms with Crippen molar-refractivity contribution in [3.8, 4) is 0 Å². The fraction of sp³-hybridized carbons (Fsp3) is 0.750. The Hall–Kier alpha value is -0.520. The molecule has 0 heterocycles. The molecule has 2 atom stereocenters. The normalized spacial score (nSPS) is 32.4. The monoisotopic (exact) mass is 218 g/mol. The van der Waals surface area contributed by atoms with Crippen molar-refractivity contribution in [1.82, 2.24) is 0 Å². The van der Waals surface area contributed by atoms with Gasteiger partial charge < -0.3 is 0 Å². The predicted octanol–water partition coefficient (Wildman–Crippen LogP) is 5.26. The lowest BCUT2D eigenvalue weighted by Gasteiger charge is -2.14. The van der Waals surface area contributed by atoms with Gasteiger partial charge in [-0.05, 0) is 43.9 Å². The highest BCUT2D eigenvalue weighted by Gasteiger charge is 2.25. The van der Waals surface area contributed by atoms with Gasteiger partial charge >= 0.3 is 0 Å². The molecule has 0 aliphatic heterocycles. The molecule has 2 aliphatic carbocycles. The fourth-order valence-corrected chi connectivity index (χ4v) is 3.26. The van der Waals surface area contributed by atoms with Crippen molar-refractivity contribution >= 4 is 0 Å². The van der Waals surface area contributed by atoms with E-state index in [1.165, 1.54) is 57.8 Å². The summed E-state index contributed by atoms with van der Waals surface area (Å²) in [6.07, 6.45) is 19.9. The largest absolute Gasteiger partial charge is 0.0845 e. The third kappa shape index (κ3) is 3.23. The molecular weight excluding hydrogens is 192 g/mol. The fourth-order valence-electron chi connectivity index (χ4n) is 3.26. The molecule has 0 bridgehead atoms. The number of allylic oxidation sites excluding steroid dienone is 4. The van der Waals surface area contributed by atoms with Crippen molar-refractivity contribution in [2.24, 2.45) is 11.8 Å². The summed E-state index contributed by atoms with van der Waals surface area (Å²) < 4.78 is 0. The second kappa shape index (κ2) is 6.27. The van der Waals surface area contributed by atoms with E-state index in [4.69, 9.17) is 0 Å². The Labute approximate surface area is 101 Å². The van der Waals surface area contributed by atoms with Crippen LogP contribution in [0.25, 0.3) is 0 Å². The van der Waals surface area contributed by atoms with Crippen LogP contribution in [-0.2, 0) is 0 Å². The van der Waals surface area contributed by atoms with Gasteiger partial charge in [0.05, 0.1) is 0 Å². The summed E-state index contributed by atoms with van der Waals surface area (Å²) >= 11 is 0. The molecule has 0 N–H and O–H groups in total. The summed E-state index contributed by atoms with van der Waals surface area (Å²) in [5, 5.41) is 0. The van der Waals surface area contributed by atoms with Crippen molar-refractivity contribution in [2.75, 3.05) is 0 Å². The van der Waals surface area contributed by atoms with Crippen LogP contribution in [-0.4, -0.2) is 0 Å². The van der Waals surface area contributed by atoms with Gasteiger partial charge in [0, 0.05) is 0 Å². The molecule has 2 unspecified atom stereocenters. The van der Waals surface area contributed by atoms with Crippen molar-refractivity contribution in [3.63, 3.8) is 0 Å². The van der Waals surface area contributed by atoms with Gasteiger partial charge in [-0.15, -0.1) is 0 Å². The number of hydrogen-bond acceptors (Lipinski definition) is 0. The highest BCUT2D eigenvalue weighted by Crippen LogP contribution is 2.39. The lowest BCUT2D eigenvalue weighted by Crippen LogP contribution is -2.00. The van der Waals surface area contributed by atoms with Crippen LogP contribution in [0.3, 0.4) is 0 Å². The molecule has 1 fully saturated rings. The van der Waals surface area contributed by atoms with E-state index in [1.54, 1.807) is 5.57 Å². The smallest absolute Gasteiger partial charge is 0.0197 e. The zero-order chi connectivity index (χ0) is 11.2. The molecule has 0 radical (unpaired) electrons. The van der Waals surface area contributed by atoms with E-state index < -0.39 is 0 Å². The summed E-state index contributed by atoms with van der Waals surface area (Å²) in [5.74, 6) is 1.76. The Balaban J connectivity index is 2.02. The third-order valence-corrected chi connectivity index (χ3v) is 4.34. The van der Waals surface area contributed by atoms with E-state index >= 15 is 0 Å². The molecule has 0 aromatic rings. The second-order valence-electron chi connectivity index (χ2n) is 5.62. The van der Waals surface area contributed by atoms with Crippen molar-refractivity contribution in [3.05, 3.63) is 23.8 Å². The molecule has 90 valence electrons. The zero-order valence-corrected chi connectivity index (χ0v) is 10.8. The van der Waals surface area contributed by atoms with Crippen LogP contribution < -0.4 is 0 Å². The first-order valence-electron chi connectivity index (χ1n) is 7.24. The highest BCUT2D eigenvalue weighted by atomic mass is 14.3. The first kappa shape index (κ1) is 12.0. The summed E-state index contributed by atoms with van der Waals surface area (Å²) in [6.45, 7) is 2.41. The quantitative estimate of drug-likeness (QED) is 0.520. The van der Waals surface area contributed by atoms with Crippen LogP contribution in [0.2, 0.25) is 0 Å². The second-order valence-corrected chi connectivity index (χ2v) is 5.62. The molecule has 0 heteroatoms. The minimum atomic E-state index is 0.845.